The second-order valence-electron chi connectivity index (χ2n) is 10.1. The van der Waals surface area contributed by atoms with E-state index < -0.39 is 0 Å². The summed E-state index contributed by atoms with van der Waals surface area (Å²) in [5, 5.41) is 5.10. The largest absolute Gasteiger partial charge is 0.143 e. The Labute approximate surface area is 210 Å². The molecule has 0 N–H and O–H groups in total. The molecule has 0 spiro atoms. The van der Waals surface area contributed by atoms with E-state index in [1.54, 1.807) is 0 Å². The quantitative estimate of drug-likeness (QED) is 0.266. The molecule has 0 heterocycles. The van der Waals surface area contributed by atoms with Crippen LogP contribution in [-0.4, -0.2) is 0 Å². The zero-order valence-corrected chi connectivity index (χ0v) is 20.7. The second kappa shape index (κ2) is 7.53. The van der Waals surface area contributed by atoms with Gasteiger partial charge in [0.25, 0.3) is 0 Å². The molecule has 1 radical (unpaired) electrons. The maximum absolute atomic E-state index is 3.92. The van der Waals surface area contributed by atoms with Crippen molar-refractivity contribution in [2.45, 2.75) is 37.5 Å². The summed E-state index contributed by atoms with van der Waals surface area (Å²) in [5.41, 5.74) is 2.91. The fourth-order valence-corrected chi connectivity index (χ4v) is 7.67. The van der Waals surface area contributed by atoms with Crippen LogP contribution in [0.4, 0.5) is 0 Å². The molecule has 31 heavy (non-hydrogen) atoms. The molecule has 0 saturated heterocycles. The Morgan fingerprint density at radius 2 is 1.00 bits per heavy atom. The van der Waals surface area contributed by atoms with E-state index in [-0.39, 0.29) is 38.1 Å². The summed E-state index contributed by atoms with van der Waals surface area (Å²) >= 11 is 0. The minimum atomic E-state index is 0. The third kappa shape index (κ3) is 2.94. The van der Waals surface area contributed by atoms with E-state index in [1.165, 1.54) is 64.8 Å². The minimum absolute atomic E-state index is 0. The van der Waals surface area contributed by atoms with Crippen LogP contribution < -0.4 is 0 Å². The minimum Gasteiger partial charge on any atom is -0.143 e. The van der Waals surface area contributed by atoms with Gasteiger partial charge in [-0.2, -0.15) is 0 Å². The zero-order valence-electron chi connectivity index (χ0n) is 17.9. The van der Waals surface area contributed by atoms with Crippen LogP contribution in [-0.2, 0) is 38.1 Å². The van der Waals surface area contributed by atoms with Crippen molar-refractivity contribution in [1.29, 1.82) is 0 Å². The average Bonchev–Trinajstić information content (AvgIpc) is 2.78. The number of hydrogen-bond donors (Lipinski definition) is 0. The van der Waals surface area contributed by atoms with Crippen LogP contribution in [0.15, 0.2) is 72.8 Å². The van der Waals surface area contributed by atoms with Gasteiger partial charge in [0.1, 0.15) is 0 Å². The molecule has 4 bridgehead atoms. The molecule has 0 aliphatic heterocycles. The summed E-state index contributed by atoms with van der Waals surface area (Å²) in [6.07, 6.45) is 7.01. The summed E-state index contributed by atoms with van der Waals surface area (Å²) in [7, 11) is 0. The predicted molar refractivity (Wildman–Crippen MR) is 123 cm³/mol. The van der Waals surface area contributed by atoms with Gasteiger partial charge in [-0.1, -0.05) is 24.3 Å². The van der Waals surface area contributed by atoms with Crippen LogP contribution in [0.2, 0.25) is 0 Å². The number of hydrogen-bond acceptors (Lipinski definition) is 0. The maximum atomic E-state index is 3.92. The van der Waals surface area contributed by atoms with Crippen molar-refractivity contribution in [2.24, 2.45) is 23.7 Å². The average molecular weight is 475 g/mol. The Kier molecular flexibility index (Phi) is 4.89. The molecule has 4 fully saturated rings. The van der Waals surface area contributed by atoms with E-state index >= 15 is 0 Å². The Morgan fingerprint density at radius 3 is 1.48 bits per heavy atom. The van der Waals surface area contributed by atoms with Gasteiger partial charge < -0.3 is 0 Å². The first-order valence-electron chi connectivity index (χ1n) is 11.6. The molecule has 8 rings (SSSR count). The first-order valence-corrected chi connectivity index (χ1v) is 11.6. The Hall–Kier alpha value is -1.50. The molecule has 4 aliphatic rings. The van der Waals surface area contributed by atoms with Crippen molar-refractivity contribution in [2.75, 3.05) is 0 Å². The van der Waals surface area contributed by atoms with Gasteiger partial charge >= 0.3 is 0 Å². The molecule has 0 aromatic heterocycles. The smallest absolute Gasteiger partial charge is 0 e. The van der Waals surface area contributed by atoms with Crippen LogP contribution in [0, 0.1) is 35.8 Å². The van der Waals surface area contributed by atoms with Crippen molar-refractivity contribution in [3.63, 3.8) is 0 Å². The molecule has 0 unspecified atom stereocenters. The van der Waals surface area contributed by atoms with Crippen molar-refractivity contribution in [3.8, 4) is 0 Å². The van der Waals surface area contributed by atoms with Gasteiger partial charge in [0.2, 0.25) is 0 Å². The van der Waals surface area contributed by atoms with E-state index in [2.05, 4.69) is 84.9 Å². The van der Waals surface area contributed by atoms with E-state index in [0.717, 1.165) is 23.7 Å². The molecule has 4 aromatic rings. The van der Waals surface area contributed by atoms with Crippen LogP contribution >= 0.6 is 0 Å². The molecule has 0 atom stereocenters. The topological polar surface area (TPSA) is 0 Å². The first kappa shape index (κ1) is 20.1. The van der Waals surface area contributed by atoms with Gasteiger partial charge in [0.15, 0.2) is 0 Å². The van der Waals surface area contributed by atoms with E-state index in [1.807, 2.05) is 0 Å². The molecule has 4 aliphatic carbocycles. The monoisotopic (exact) mass is 475 g/mol. The van der Waals surface area contributed by atoms with E-state index in [9.17, 15) is 0 Å². The molecule has 0 amide bonds. The Bertz CT molecular complexity index is 1160. The Morgan fingerprint density at radius 1 is 0.548 bits per heavy atom. The van der Waals surface area contributed by atoms with Crippen LogP contribution in [0.25, 0.3) is 21.5 Å². The van der Waals surface area contributed by atoms with Crippen molar-refractivity contribution in [3.05, 3.63) is 96.1 Å². The molecule has 0 nitrogen and oxygen atoms in total. The summed E-state index contributed by atoms with van der Waals surface area (Å²) in [6.45, 7) is 0. The van der Waals surface area contributed by atoms with Gasteiger partial charge in [-0.15, -0.1) is 93.3 Å². The molecule has 4 aromatic carbocycles. The summed E-state index contributed by atoms with van der Waals surface area (Å²) in [5.74, 6) is 3.34. The number of rotatable bonds is 2. The van der Waals surface area contributed by atoms with Gasteiger partial charge in [-0.3, -0.25) is 0 Å². The molecule has 1 heteroatoms. The summed E-state index contributed by atoms with van der Waals surface area (Å²) in [4.78, 5) is 0. The SMILES string of the molecule is [Y].[c-]1c(C2(c3[c-]c4ccccc4cc3)C3CC4CC(C3)CC2C4)ccc2ccccc12. The van der Waals surface area contributed by atoms with E-state index in [0.29, 0.717) is 0 Å². The number of benzene rings is 4. The summed E-state index contributed by atoms with van der Waals surface area (Å²) in [6, 6.07) is 34.7. The van der Waals surface area contributed by atoms with Crippen LogP contribution in [0.3, 0.4) is 0 Å². The predicted octanol–water partition coefficient (Wildman–Crippen LogP) is 7.33. The molecular formula is C30H26Y-2. The standard InChI is InChI=1S/C30H26.Y/c1-3-7-24-18-26(11-9-22(24)5-1)30(27-12-10-23-6-2-4-8-25(23)19-27)28-14-20-13-21(16-28)17-29(30)15-20;/h1-12,20-21,28-29H,13-17H2;/q-2;. The summed E-state index contributed by atoms with van der Waals surface area (Å²) < 4.78 is 0. The van der Waals surface area contributed by atoms with Gasteiger partial charge in [-0.05, 0) is 61.2 Å². The molecular weight excluding hydrogens is 449 g/mol. The fraction of sp³-hybridized carbons (Fsp3) is 0.333. The van der Waals surface area contributed by atoms with Gasteiger partial charge in [0, 0.05) is 32.7 Å². The van der Waals surface area contributed by atoms with Crippen molar-refractivity contribution < 1.29 is 32.7 Å². The zero-order chi connectivity index (χ0) is 19.7. The van der Waals surface area contributed by atoms with Crippen molar-refractivity contribution >= 4 is 21.5 Å². The third-order valence-electron chi connectivity index (χ3n) is 8.64. The molecule has 151 valence electrons. The fourth-order valence-electron chi connectivity index (χ4n) is 7.67. The normalized spacial score (nSPS) is 28.0. The molecule has 4 saturated carbocycles. The van der Waals surface area contributed by atoms with Crippen molar-refractivity contribution in [1.82, 2.24) is 0 Å². The van der Waals surface area contributed by atoms with E-state index in [4.69, 9.17) is 0 Å². The first-order chi connectivity index (χ1) is 14.8. The van der Waals surface area contributed by atoms with Gasteiger partial charge in [0.05, 0.1) is 0 Å². The second-order valence-corrected chi connectivity index (χ2v) is 10.1. The Balaban J connectivity index is 0.00000185. The van der Waals surface area contributed by atoms with Gasteiger partial charge in [-0.25, -0.2) is 0 Å². The van der Waals surface area contributed by atoms with Crippen LogP contribution in [0.1, 0.15) is 43.2 Å². The third-order valence-corrected chi connectivity index (χ3v) is 8.64. The maximum Gasteiger partial charge on any atom is 0 e. The number of fused-ring (bicyclic) bond motifs is 2. The van der Waals surface area contributed by atoms with Crippen LogP contribution in [0.5, 0.6) is 0 Å².